The number of aromatic nitrogens is 3. The zero-order chi connectivity index (χ0) is 18.1. The number of para-hydroxylation sites is 1. The number of benzene rings is 1. The van der Waals surface area contributed by atoms with Gasteiger partial charge in [0.15, 0.2) is 4.77 Å². The van der Waals surface area contributed by atoms with Crippen LogP contribution in [0.5, 0.6) is 0 Å². The van der Waals surface area contributed by atoms with Crippen molar-refractivity contribution in [3.63, 3.8) is 0 Å². The lowest BCUT2D eigenvalue weighted by Gasteiger charge is -2.27. The Hall–Kier alpha value is -2.22. The number of hydrogen-bond acceptors (Lipinski definition) is 4. The van der Waals surface area contributed by atoms with E-state index < -0.39 is 0 Å². The average molecular weight is 370 g/mol. The Morgan fingerprint density at radius 3 is 2.96 bits per heavy atom. The summed E-state index contributed by atoms with van der Waals surface area (Å²) in [7, 11) is 1.72. The van der Waals surface area contributed by atoms with E-state index in [2.05, 4.69) is 49.9 Å². The van der Waals surface area contributed by atoms with Crippen LogP contribution in [0.15, 0.2) is 35.3 Å². The maximum Gasteiger partial charge on any atom is 0.256 e. The molecule has 136 valence electrons. The van der Waals surface area contributed by atoms with Crippen LogP contribution in [0, 0.1) is 4.77 Å². The predicted molar refractivity (Wildman–Crippen MR) is 104 cm³/mol. The molecule has 1 aromatic carbocycles. The molecule has 0 spiro atoms. The highest BCUT2D eigenvalue weighted by Crippen LogP contribution is 2.24. The van der Waals surface area contributed by atoms with Crippen LogP contribution >= 0.6 is 12.2 Å². The van der Waals surface area contributed by atoms with Crippen LogP contribution in [-0.2, 0) is 30.8 Å². The van der Waals surface area contributed by atoms with Gasteiger partial charge in [-0.2, -0.15) is 0 Å². The number of nitrogens with zero attached hydrogens (tertiary/aromatic N) is 2. The molecule has 0 fully saturated rings. The molecular weight excluding hydrogens is 348 g/mol. The van der Waals surface area contributed by atoms with Crippen molar-refractivity contribution in [2.75, 3.05) is 20.3 Å². The number of ether oxygens (including phenoxy) is 1. The summed E-state index contributed by atoms with van der Waals surface area (Å²) in [6.07, 6.45) is 3.02. The predicted octanol–water partition coefficient (Wildman–Crippen LogP) is 2.59. The highest BCUT2D eigenvalue weighted by Gasteiger charge is 2.21. The van der Waals surface area contributed by atoms with E-state index in [1.165, 1.54) is 16.5 Å². The zero-order valence-corrected chi connectivity index (χ0v) is 15.6. The third-order valence-corrected chi connectivity index (χ3v) is 5.20. The molecule has 26 heavy (non-hydrogen) atoms. The first-order valence-corrected chi connectivity index (χ1v) is 9.19. The van der Waals surface area contributed by atoms with Crippen molar-refractivity contribution in [3.05, 3.63) is 62.4 Å². The van der Waals surface area contributed by atoms with Gasteiger partial charge in [0.05, 0.1) is 12.2 Å². The number of nitrogens with one attached hydrogen (secondary N) is 2. The van der Waals surface area contributed by atoms with E-state index in [9.17, 15) is 4.79 Å². The molecule has 7 heteroatoms. The van der Waals surface area contributed by atoms with Gasteiger partial charge in [-0.1, -0.05) is 18.2 Å². The summed E-state index contributed by atoms with van der Waals surface area (Å²) >= 11 is 5.07. The van der Waals surface area contributed by atoms with Crippen molar-refractivity contribution in [1.29, 1.82) is 0 Å². The molecule has 0 atom stereocenters. The molecule has 0 radical (unpaired) electrons. The number of hydrogen-bond donors (Lipinski definition) is 2. The summed E-state index contributed by atoms with van der Waals surface area (Å²) in [6.45, 7) is 3.86. The Labute approximate surface area is 156 Å². The first-order valence-electron chi connectivity index (χ1n) is 8.78. The summed E-state index contributed by atoms with van der Waals surface area (Å²) < 4.78 is 7.89. The van der Waals surface area contributed by atoms with Crippen LogP contribution in [0.1, 0.15) is 16.8 Å². The molecule has 3 heterocycles. The molecule has 0 bridgehead atoms. The molecule has 0 unspecified atom stereocenters. The maximum atomic E-state index is 12.2. The monoisotopic (exact) mass is 370 g/mol. The smallest absolute Gasteiger partial charge is 0.256 e. The standard InChI is InChI=1S/C19H22N4O2S/c1-25-9-8-23-11-13(14-4-2-3-5-17(14)23)10-22-7-6-16-15(12-22)18(24)21-19(26)20-16/h2-5,11H,6-10,12H2,1H3,(H2,20,21,24,26). The topological polar surface area (TPSA) is 66.0 Å². The van der Waals surface area contributed by atoms with Crippen LogP contribution in [0.3, 0.4) is 0 Å². The summed E-state index contributed by atoms with van der Waals surface area (Å²) in [4.78, 5) is 20.4. The van der Waals surface area contributed by atoms with Gasteiger partial charge in [-0.05, 0) is 23.8 Å². The number of H-pyrrole nitrogens is 2. The van der Waals surface area contributed by atoms with Crippen molar-refractivity contribution >= 4 is 23.1 Å². The number of methoxy groups -OCH3 is 1. The van der Waals surface area contributed by atoms with Crippen LogP contribution in [0.4, 0.5) is 0 Å². The lowest BCUT2D eigenvalue weighted by atomic mass is 10.1. The second-order valence-corrected chi connectivity index (χ2v) is 7.09. The normalized spacial score (nSPS) is 14.7. The molecule has 0 saturated carbocycles. The third kappa shape index (κ3) is 3.25. The Balaban J connectivity index is 1.62. The fourth-order valence-electron chi connectivity index (χ4n) is 3.71. The molecule has 0 aliphatic carbocycles. The number of fused-ring (bicyclic) bond motifs is 2. The van der Waals surface area contributed by atoms with Crippen molar-refractivity contribution in [1.82, 2.24) is 19.4 Å². The Morgan fingerprint density at radius 1 is 1.27 bits per heavy atom. The van der Waals surface area contributed by atoms with Gasteiger partial charge in [-0.3, -0.25) is 14.7 Å². The van der Waals surface area contributed by atoms with Gasteiger partial charge in [-0.15, -0.1) is 0 Å². The molecule has 2 N–H and O–H groups in total. The van der Waals surface area contributed by atoms with Crippen LogP contribution in [0.25, 0.3) is 10.9 Å². The molecule has 1 aliphatic heterocycles. The first kappa shape index (κ1) is 17.2. The largest absolute Gasteiger partial charge is 0.383 e. The van der Waals surface area contributed by atoms with E-state index in [0.717, 1.165) is 37.3 Å². The minimum absolute atomic E-state index is 0.0732. The minimum Gasteiger partial charge on any atom is -0.383 e. The van der Waals surface area contributed by atoms with E-state index in [-0.39, 0.29) is 5.56 Å². The van der Waals surface area contributed by atoms with E-state index in [4.69, 9.17) is 17.0 Å². The van der Waals surface area contributed by atoms with Crippen LogP contribution < -0.4 is 5.56 Å². The molecule has 3 aromatic rings. The summed E-state index contributed by atoms with van der Waals surface area (Å²) in [6, 6.07) is 8.44. The molecule has 6 nitrogen and oxygen atoms in total. The lowest BCUT2D eigenvalue weighted by Crippen LogP contribution is -2.35. The Morgan fingerprint density at radius 2 is 2.12 bits per heavy atom. The van der Waals surface area contributed by atoms with Gasteiger partial charge < -0.3 is 14.3 Å². The minimum atomic E-state index is -0.0732. The van der Waals surface area contributed by atoms with Crippen LogP contribution in [-0.4, -0.2) is 39.7 Å². The zero-order valence-electron chi connectivity index (χ0n) is 14.7. The number of rotatable bonds is 5. The van der Waals surface area contributed by atoms with E-state index >= 15 is 0 Å². The fourth-order valence-corrected chi connectivity index (χ4v) is 3.93. The molecular formula is C19H22N4O2S. The second-order valence-electron chi connectivity index (χ2n) is 6.68. The van der Waals surface area contributed by atoms with Gasteiger partial charge in [0.1, 0.15) is 0 Å². The van der Waals surface area contributed by atoms with Crippen molar-refractivity contribution < 1.29 is 4.74 Å². The first-order chi connectivity index (χ1) is 12.7. The second kappa shape index (κ2) is 7.19. The van der Waals surface area contributed by atoms with Gasteiger partial charge in [0.25, 0.3) is 5.56 Å². The van der Waals surface area contributed by atoms with Gasteiger partial charge in [-0.25, -0.2) is 0 Å². The van der Waals surface area contributed by atoms with Crippen molar-refractivity contribution in [2.24, 2.45) is 0 Å². The van der Waals surface area contributed by atoms with Crippen molar-refractivity contribution in [2.45, 2.75) is 26.1 Å². The Kier molecular flexibility index (Phi) is 4.76. The lowest BCUT2D eigenvalue weighted by molar-refractivity contribution is 0.188. The summed E-state index contributed by atoms with van der Waals surface area (Å²) in [5, 5.41) is 1.26. The summed E-state index contributed by atoms with van der Waals surface area (Å²) in [5.74, 6) is 0. The third-order valence-electron chi connectivity index (χ3n) is 4.99. The number of aromatic amines is 2. The van der Waals surface area contributed by atoms with Gasteiger partial charge in [0, 0.05) is 62.5 Å². The van der Waals surface area contributed by atoms with Crippen LogP contribution in [0.2, 0.25) is 0 Å². The molecule has 0 saturated heterocycles. The maximum absolute atomic E-state index is 12.2. The molecule has 1 aliphatic rings. The SMILES string of the molecule is COCCn1cc(CN2CCc3[nH]c(=S)[nH]c(=O)c3C2)c2ccccc21. The van der Waals surface area contributed by atoms with E-state index in [1.54, 1.807) is 7.11 Å². The van der Waals surface area contributed by atoms with E-state index in [1.807, 2.05) is 0 Å². The van der Waals surface area contributed by atoms with Crippen molar-refractivity contribution in [3.8, 4) is 0 Å². The van der Waals surface area contributed by atoms with Gasteiger partial charge in [0.2, 0.25) is 0 Å². The molecule has 0 amide bonds. The quantitative estimate of drug-likeness (QED) is 0.678. The highest BCUT2D eigenvalue weighted by molar-refractivity contribution is 7.71. The van der Waals surface area contributed by atoms with Gasteiger partial charge >= 0.3 is 0 Å². The average Bonchev–Trinajstić information content (AvgIpc) is 2.98. The Bertz CT molecular complexity index is 1050. The summed E-state index contributed by atoms with van der Waals surface area (Å²) in [5.41, 5.74) is 4.20. The molecule has 4 rings (SSSR count). The van der Waals surface area contributed by atoms with E-state index in [0.29, 0.717) is 17.9 Å². The fraction of sp³-hybridized carbons (Fsp3) is 0.368. The highest BCUT2D eigenvalue weighted by atomic mass is 32.1. The molecule has 2 aromatic heterocycles.